The third-order valence-electron chi connectivity index (χ3n) is 6.94. The van der Waals surface area contributed by atoms with Gasteiger partial charge >= 0.3 is 0 Å². The highest BCUT2D eigenvalue weighted by molar-refractivity contribution is 4.63. The summed E-state index contributed by atoms with van der Waals surface area (Å²) in [4.78, 5) is 0. The van der Waals surface area contributed by atoms with Crippen LogP contribution in [0.5, 0.6) is 0 Å². The van der Waals surface area contributed by atoms with Crippen LogP contribution in [0.25, 0.3) is 0 Å². The van der Waals surface area contributed by atoms with Crippen molar-refractivity contribution in [3.05, 3.63) is 0 Å². The zero-order chi connectivity index (χ0) is 19.3. The van der Waals surface area contributed by atoms with Gasteiger partial charge in [0, 0.05) is 0 Å². The zero-order valence-electron chi connectivity index (χ0n) is 19.3. The predicted octanol–water partition coefficient (Wildman–Crippen LogP) is 10.4. The van der Waals surface area contributed by atoms with Crippen molar-refractivity contribution in [1.29, 1.82) is 0 Å². The second kappa shape index (κ2) is 20.7. The lowest BCUT2D eigenvalue weighted by Gasteiger charge is -2.15. The second-order valence-electron chi connectivity index (χ2n) is 9.66. The fourth-order valence-electron chi connectivity index (χ4n) is 4.99. The molecule has 0 heteroatoms. The molecule has 27 heavy (non-hydrogen) atoms. The van der Waals surface area contributed by atoms with Gasteiger partial charge in [0.15, 0.2) is 0 Å². The lowest BCUT2D eigenvalue weighted by Crippen LogP contribution is -2.00. The molecule has 0 saturated heterocycles. The number of rotatable bonds is 17. The minimum Gasteiger partial charge on any atom is -0.0654 e. The standard InChI is InChI=1S/C27H54/c1-2-3-4-5-6-7-8-9-10-11-12-13-14-15-18-21-24-27-25-22-19-16-17-20-23-26-27/h27H,2-26H2,1H3. The molecule has 1 rings (SSSR count). The Bertz CT molecular complexity index is 259. The van der Waals surface area contributed by atoms with Crippen LogP contribution in [0, 0.1) is 5.92 Å². The van der Waals surface area contributed by atoms with Crippen LogP contribution in [0.15, 0.2) is 0 Å². The maximum Gasteiger partial charge on any atom is -0.0414 e. The summed E-state index contributed by atoms with van der Waals surface area (Å²) in [5, 5.41) is 0. The minimum absolute atomic E-state index is 1.08. The first kappa shape index (κ1) is 25.0. The average molecular weight is 379 g/mol. The van der Waals surface area contributed by atoms with E-state index in [2.05, 4.69) is 6.92 Å². The van der Waals surface area contributed by atoms with Gasteiger partial charge in [0.2, 0.25) is 0 Å². The van der Waals surface area contributed by atoms with E-state index in [4.69, 9.17) is 0 Å². The van der Waals surface area contributed by atoms with E-state index < -0.39 is 0 Å². The van der Waals surface area contributed by atoms with Crippen molar-refractivity contribution in [3.8, 4) is 0 Å². The molecule has 0 aromatic heterocycles. The lowest BCUT2D eigenvalue weighted by atomic mass is 9.91. The topological polar surface area (TPSA) is 0 Å². The summed E-state index contributed by atoms with van der Waals surface area (Å²) in [6, 6.07) is 0. The monoisotopic (exact) mass is 378 g/mol. The van der Waals surface area contributed by atoms with Crippen molar-refractivity contribution in [2.75, 3.05) is 0 Å². The Morgan fingerprint density at radius 2 is 0.741 bits per heavy atom. The molecule has 0 heterocycles. The maximum atomic E-state index is 2.31. The predicted molar refractivity (Wildman–Crippen MR) is 125 cm³/mol. The largest absolute Gasteiger partial charge is 0.0654 e. The molecule has 1 saturated carbocycles. The van der Waals surface area contributed by atoms with E-state index in [1.54, 1.807) is 19.3 Å². The molecule has 0 aromatic carbocycles. The Labute approximate surface area is 173 Å². The Morgan fingerprint density at radius 3 is 1.15 bits per heavy atom. The van der Waals surface area contributed by atoms with E-state index >= 15 is 0 Å². The van der Waals surface area contributed by atoms with Crippen LogP contribution in [0.1, 0.15) is 167 Å². The van der Waals surface area contributed by atoms with Crippen LogP contribution < -0.4 is 0 Å². The van der Waals surface area contributed by atoms with E-state index in [1.165, 1.54) is 141 Å². The van der Waals surface area contributed by atoms with E-state index in [1.807, 2.05) is 0 Å². The summed E-state index contributed by atoms with van der Waals surface area (Å²) in [6.07, 6.45) is 37.4. The first-order chi connectivity index (χ1) is 13.4. The highest BCUT2D eigenvalue weighted by Gasteiger charge is 2.10. The smallest absolute Gasteiger partial charge is 0.0414 e. The molecule has 162 valence electrons. The first-order valence-corrected chi connectivity index (χ1v) is 13.4. The molecule has 0 amide bonds. The molecule has 0 spiro atoms. The van der Waals surface area contributed by atoms with Crippen molar-refractivity contribution in [3.63, 3.8) is 0 Å². The highest BCUT2D eigenvalue weighted by atomic mass is 14.2. The highest BCUT2D eigenvalue weighted by Crippen LogP contribution is 2.26. The molecule has 0 aromatic rings. The Hall–Kier alpha value is 0. The van der Waals surface area contributed by atoms with E-state index in [9.17, 15) is 0 Å². The fraction of sp³-hybridized carbons (Fsp3) is 1.00. The third kappa shape index (κ3) is 17.8. The van der Waals surface area contributed by atoms with Crippen molar-refractivity contribution in [1.82, 2.24) is 0 Å². The molecular weight excluding hydrogens is 324 g/mol. The van der Waals surface area contributed by atoms with E-state index in [-0.39, 0.29) is 0 Å². The number of hydrogen-bond acceptors (Lipinski definition) is 0. The van der Waals surface area contributed by atoms with E-state index in [0.717, 1.165) is 5.92 Å². The van der Waals surface area contributed by atoms with Crippen molar-refractivity contribution in [2.24, 2.45) is 5.92 Å². The molecule has 0 aliphatic heterocycles. The lowest BCUT2D eigenvalue weighted by molar-refractivity contribution is 0.381. The molecule has 0 N–H and O–H groups in total. The van der Waals surface area contributed by atoms with E-state index in [0.29, 0.717) is 0 Å². The van der Waals surface area contributed by atoms with Gasteiger partial charge in [-0.2, -0.15) is 0 Å². The number of unbranched alkanes of at least 4 members (excludes halogenated alkanes) is 15. The molecule has 0 nitrogen and oxygen atoms in total. The van der Waals surface area contributed by atoms with Crippen LogP contribution in [-0.2, 0) is 0 Å². The Morgan fingerprint density at radius 1 is 0.407 bits per heavy atom. The zero-order valence-corrected chi connectivity index (χ0v) is 19.3. The van der Waals surface area contributed by atoms with Gasteiger partial charge in [-0.05, 0) is 5.92 Å². The van der Waals surface area contributed by atoms with Crippen LogP contribution in [0.2, 0.25) is 0 Å². The quantitative estimate of drug-likeness (QED) is 0.221. The summed E-state index contributed by atoms with van der Waals surface area (Å²) in [5.74, 6) is 1.08. The molecule has 0 bridgehead atoms. The van der Waals surface area contributed by atoms with Crippen molar-refractivity contribution < 1.29 is 0 Å². The van der Waals surface area contributed by atoms with Crippen LogP contribution >= 0.6 is 0 Å². The average Bonchev–Trinajstić information content (AvgIpc) is 2.81. The summed E-state index contributed by atoms with van der Waals surface area (Å²) in [6.45, 7) is 2.31. The molecule has 0 radical (unpaired) electrons. The molecule has 0 unspecified atom stereocenters. The van der Waals surface area contributed by atoms with Gasteiger partial charge < -0.3 is 0 Å². The summed E-state index contributed by atoms with van der Waals surface area (Å²) < 4.78 is 0. The van der Waals surface area contributed by atoms with Crippen molar-refractivity contribution in [2.45, 2.75) is 167 Å². The minimum atomic E-state index is 1.08. The fourth-order valence-corrected chi connectivity index (χ4v) is 4.99. The first-order valence-electron chi connectivity index (χ1n) is 13.4. The van der Waals surface area contributed by atoms with Gasteiger partial charge in [0.05, 0.1) is 0 Å². The Balaban J connectivity index is 1.75. The Kier molecular flexibility index (Phi) is 19.2. The SMILES string of the molecule is CCCCCCCCCCCCCCCCCCC1CCCCCCCC1. The molecule has 1 aliphatic rings. The maximum absolute atomic E-state index is 2.31. The van der Waals surface area contributed by atoms with Crippen LogP contribution in [0.3, 0.4) is 0 Å². The van der Waals surface area contributed by atoms with Gasteiger partial charge in [0.1, 0.15) is 0 Å². The van der Waals surface area contributed by atoms with Gasteiger partial charge in [-0.3, -0.25) is 0 Å². The van der Waals surface area contributed by atoms with Gasteiger partial charge in [0.25, 0.3) is 0 Å². The summed E-state index contributed by atoms with van der Waals surface area (Å²) >= 11 is 0. The van der Waals surface area contributed by atoms with Gasteiger partial charge in [-0.1, -0.05) is 167 Å². The number of hydrogen-bond donors (Lipinski definition) is 0. The molecule has 0 atom stereocenters. The summed E-state index contributed by atoms with van der Waals surface area (Å²) in [5.41, 5.74) is 0. The van der Waals surface area contributed by atoms with Crippen molar-refractivity contribution >= 4 is 0 Å². The third-order valence-corrected chi connectivity index (χ3v) is 6.94. The van der Waals surface area contributed by atoms with Crippen LogP contribution in [0.4, 0.5) is 0 Å². The molecule has 1 aliphatic carbocycles. The second-order valence-corrected chi connectivity index (χ2v) is 9.66. The summed E-state index contributed by atoms with van der Waals surface area (Å²) in [7, 11) is 0. The van der Waals surface area contributed by atoms with Gasteiger partial charge in [-0.15, -0.1) is 0 Å². The van der Waals surface area contributed by atoms with Crippen LogP contribution in [-0.4, -0.2) is 0 Å². The van der Waals surface area contributed by atoms with Gasteiger partial charge in [-0.25, -0.2) is 0 Å². The molecular formula is C27H54. The normalized spacial score (nSPS) is 16.8. The molecule has 1 fully saturated rings.